The highest BCUT2D eigenvalue weighted by atomic mass is 32.2. The van der Waals surface area contributed by atoms with Gasteiger partial charge >= 0.3 is 0 Å². The second-order valence-electron chi connectivity index (χ2n) is 7.06. The molecule has 1 aromatic heterocycles. The van der Waals surface area contributed by atoms with E-state index in [2.05, 4.69) is 4.98 Å². The number of fused-ring (bicyclic) bond motifs is 1. The number of carbonyl (C=O) groups excluding carboxylic acids is 1. The number of ether oxygens (including phenoxy) is 1. The van der Waals surface area contributed by atoms with Crippen molar-refractivity contribution in [3.05, 3.63) is 65.2 Å². The van der Waals surface area contributed by atoms with Crippen molar-refractivity contribution in [2.45, 2.75) is 19.1 Å². The Morgan fingerprint density at radius 2 is 1.93 bits per heavy atom. The van der Waals surface area contributed by atoms with Crippen molar-refractivity contribution in [1.29, 1.82) is 0 Å². The van der Waals surface area contributed by atoms with Gasteiger partial charge in [-0.1, -0.05) is 18.2 Å². The van der Waals surface area contributed by atoms with Gasteiger partial charge in [-0.15, -0.1) is 11.3 Å². The van der Waals surface area contributed by atoms with Gasteiger partial charge in [0.05, 0.1) is 18.1 Å². The van der Waals surface area contributed by atoms with Gasteiger partial charge in [0.25, 0.3) is 0 Å². The van der Waals surface area contributed by atoms with Crippen LogP contribution in [-0.4, -0.2) is 38.2 Å². The Labute approximate surface area is 180 Å². The van der Waals surface area contributed by atoms with E-state index in [0.717, 1.165) is 34.0 Å². The smallest absolute Gasteiger partial charge is 0.242 e. The highest BCUT2D eigenvalue weighted by Gasteiger charge is 2.28. The van der Waals surface area contributed by atoms with E-state index in [1.165, 1.54) is 11.3 Å². The standard InChI is InChI=1S/C22H22N2O4S2/c1-2-28-19-9-7-17(8-10-19)22-23-18(13-29-22)14-30(26,27)15-21(25)24-12-11-16-5-3-4-6-20(16)24/h3-10,13H,2,11-12,14-15H2,1H3. The van der Waals surface area contributed by atoms with Crippen LogP contribution < -0.4 is 9.64 Å². The predicted molar refractivity (Wildman–Crippen MR) is 119 cm³/mol. The first-order valence-electron chi connectivity index (χ1n) is 9.71. The molecule has 3 aromatic rings. The van der Waals surface area contributed by atoms with Crippen molar-refractivity contribution in [2.24, 2.45) is 0 Å². The fourth-order valence-corrected chi connectivity index (χ4v) is 5.67. The van der Waals surface area contributed by atoms with Crippen LogP contribution >= 0.6 is 11.3 Å². The van der Waals surface area contributed by atoms with Gasteiger partial charge in [0.1, 0.15) is 16.5 Å². The first-order chi connectivity index (χ1) is 14.4. The Kier molecular flexibility index (Phi) is 5.87. The van der Waals surface area contributed by atoms with Crippen molar-refractivity contribution in [3.8, 4) is 16.3 Å². The largest absolute Gasteiger partial charge is 0.494 e. The molecule has 4 rings (SSSR count). The lowest BCUT2D eigenvalue weighted by atomic mass is 10.2. The number of benzene rings is 2. The molecule has 6 nitrogen and oxygen atoms in total. The number of para-hydroxylation sites is 1. The van der Waals surface area contributed by atoms with Gasteiger partial charge in [-0.25, -0.2) is 13.4 Å². The molecule has 2 aromatic carbocycles. The highest BCUT2D eigenvalue weighted by molar-refractivity contribution is 7.91. The molecule has 0 saturated heterocycles. The second-order valence-corrected chi connectivity index (χ2v) is 9.98. The maximum atomic E-state index is 12.6. The molecule has 2 heterocycles. The van der Waals surface area contributed by atoms with E-state index < -0.39 is 15.6 Å². The van der Waals surface area contributed by atoms with Crippen LogP contribution in [0.3, 0.4) is 0 Å². The summed E-state index contributed by atoms with van der Waals surface area (Å²) in [6.07, 6.45) is 0.749. The molecule has 0 aliphatic carbocycles. The molecule has 0 spiro atoms. The molecule has 0 atom stereocenters. The van der Waals surface area contributed by atoms with Crippen LogP contribution in [-0.2, 0) is 26.8 Å². The number of rotatable bonds is 7. The van der Waals surface area contributed by atoms with E-state index in [-0.39, 0.29) is 11.7 Å². The molecule has 1 aliphatic rings. The average Bonchev–Trinajstić information content (AvgIpc) is 3.35. The Morgan fingerprint density at radius 3 is 2.70 bits per heavy atom. The number of hydrogen-bond acceptors (Lipinski definition) is 6. The molecular formula is C22H22N2O4S2. The number of carbonyl (C=O) groups is 1. The zero-order valence-corrected chi connectivity index (χ0v) is 18.2. The summed E-state index contributed by atoms with van der Waals surface area (Å²) >= 11 is 1.39. The van der Waals surface area contributed by atoms with E-state index in [9.17, 15) is 13.2 Å². The molecule has 156 valence electrons. The predicted octanol–water partition coefficient (Wildman–Crippen LogP) is 3.71. The molecule has 1 aliphatic heterocycles. The normalized spacial score (nSPS) is 13.3. The Morgan fingerprint density at radius 1 is 1.17 bits per heavy atom. The van der Waals surface area contributed by atoms with Crippen molar-refractivity contribution in [1.82, 2.24) is 4.98 Å². The second kappa shape index (κ2) is 8.57. The molecule has 0 saturated carbocycles. The summed E-state index contributed by atoms with van der Waals surface area (Å²) in [5.41, 5.74) is 3.24. The molecule has 1 amide bonds. The zero-order chi connectivity index (χ0) is 21.1. The molecule has 8 heteroatoms. The third kappa shape index (κ3) is 4.55. The van der Waals surface area contributed by atoms with E-state index in [0.29, 0.717) is 18.8 Å². The van der Waals surface area contributed by atoms with Crippen molar-refractivity contribution in [3.63, 3.8) is 0 Å². The lowest BCUT2D eigenvalue weighted by molar-refractivity contribution is -0.116. The van der Waals surface area contributed by atoms with Gasteiger partial charge in [-0.05, 0) is 49.2 Å². The Bertz CT molecular complexity index is 1150. The van der Waals surface area contributed by atoms with Crippen molar-refractivity contribution >= 4 is 32.8 Å². The van der Waals surface area contributed by atoms with Crippen LogP contribution in [0, 0.1) is 0 Å². The molecule has 0 N–H and O–H groups in total. The van der Waals surface area contributed by atoms with Gasteiger partial charge in [0.2, 0.25) is 5.91 Å². The summed E-state index contributed by atoms with van der Waals surface area (Å²) in [5, 5.41) is 2.47. The van der Waals surface area contributed by atoms with Crippen LogP contribution in [0.15, 0.2) is 53.9 Å². The molecule has 30 heavy (non-hydrogen) atoms. The van der Waals surface area contributed by atoms with E-state index in [1.54, 1.807) is 10.3 Å². The number of amides is 1. The van der Waals surface area contributed by atoms with Crippen LogP contribution in [0.2, 0.25) is 0 Å². The Balaban J connectivity index is 1.42. The molecule has 0 unspecified atom stereocenters. The van der Waals surface area contributed by atoms with E-state index in [1.807, 2.05) is 55.5 Å². The monoisotopic (exact) mass is 442 g/mol. The van der Waals surface area contributed by atoms with Gasteiger partial charge in [0.15, 0.2) is 9.84 Å². The minimum atomic E-state index is -3.62. The number of thiazole rings is 1. The fourth-order valence-electron chi connectivity index (χ4n) is 3.51. The van der Waals surface area contributed by atoms with Crippen molar-refractivity contribution in [2.75, 3.05) is 23.8 Å². The van der Waals surface area contributed by atoms with Gasteiger partial charge < -0.3 is 9.64 Å². The minimum absolute atomic E-state index is 0.248. The summed E-state index contributed by atoms with van der Waals surface area (Å²) in [4.78, 5) is 18.7. The number of sulfone groups is 1. The lowest BCUT2D eigenvalue weighted by Gasteiger charge is -2.17. The average molecular weight is 443 g/mol. The van der Waals surface area contributed by atoms with Crippen molar-refractivity contribution < 1.29 is 17.9 Å². The topological polar surface area (TPSA) is 76.6 Å². The fraction of sp³-hybridized carbons (Fsp3) is 0.273. The van der Waals surface area contributed by atoms with Crippen LogP contribution in [0.5, 0.6) is 5.75 Å². The summed E-state index contributed by atoms with van der Waals surface area (Å²) in [6.45, 7) is 3.04. The zero-order valence-electron chi connectivity index (χ0n) is 16.6. The first kappa shape index (κ1) is 20.6. The Hall–Kier alpha value is -2.71. The maximum Gasteiger partial charge on any atom is 0.242 e. The number of nitrogens with zero attached hydrogens (tertiary/aromatic N) is 2. The summed E-state index contributed by atoms with van der Waals surface area (Å²) in [6, 6.07) is 15.1. The van der Waals surface area contributed by atoms with E-state index in [4.69, 9.17) is 4.74 Å². The summed E-state index contributed by atoms with van der Waals surface area (Å²) in [7, 11) is -3.62. The number of hydrogen-bond donors (Lipinski definition) is 0. The molecule has 0 bridgehead atoms. The van der Waals surface area contributed by atoms with Crippen LogP contribution in [0.4, 0.5) is 5.69 Å². The van der Waals surface area contributed by atoms with Crippen LogP contribution in [0.25, 0.3) is 10.6 Å². The molecular weight excluding hydrogens is 420 g/mol. The first-order valence-corrected chi connectivity index (χ1v) is 12.4. The quantitative estimate of drug-likeness (QED) is 0.557. The minimum Gasteiger partial charge on any atom is -0.494 e. The van der Waals surface area contributed by atoms with Gasteiger partial charge in [-0.2, -0.15) is 0 Å². The third-order valence-corrected chi connectivity index (χ3v) is 7.23. The lowest BCUT2D eigenvalue weighted by Crippen LogP contribution is -2.34. The summed E-state index contributed by atoms with van der Waals surface area (Å²) in [5.74, 6) is -0.372. The van der Waals surface area contributed by atoms with Gasteiger partial charge in [0, 0.05) is 23.2 Å². The molecule has 0 fully saturated rings. The van der Waals surface area contributed by atoms with Crippen LogP contribution in [0.1, 0.15) is 18.2 Å². The van der Waals surface area contributed by atoms with Gasteiger partial charge in [-0.3, -0.25) is 4.79 Å². The maximum absolute atomic E-state index is 12.6. The molecule has 0 radical (unpaired) electrons. The number of aromatic nitrogens is 1. The number of anilines is 1. The highest BCUT2D eigenvalue weighted by Crippen LogP contribution is 2.29. The SMILES string of the molecule is CCOc1ccc(-c2nc(CS(=O)(=O)CC(=O)N3CCc4ccccc43)cs2)cc1. The third-order valence-electron chi connectivity index (χ3n) is 4.86. The van der Waals surface area contributed by atoms with E-state index >= 15 is 0 Å². The summed E-state index contributed by atoms with van der Waals surface area (Å²) < 4.78 is 30.7.